The molecule has 0 saturated carbocycles. The van der Waals surface area contributed by atoms with Crippen LogP contribution in [0, 0.1) is 5.95 Å². The van der Waals surface area contributed by atoms with Crippen LogP contribution in [0.5, 0.6) is 0 Å². The topological polar surface area (TPSA) is 71.1 Å². The molecule has 0 bridgehead atoms. The van der Waals surface area contributed by atoms with Gasteiger partial charge in [-0.1, -0.05) is 0 Å². The fraction of sp³-hybridized carbons (Fsp3) is 0.300. The predicted octanol–water partition coefficient (Wildman–Crippen LogP) is -0.161. The first-order valence-corrected chi connectivity index (χ1v) is 4.85. The van der Waals surface area contributed by atoms with E-state index in [1.54, 1.807) is 0 Å². The first-order valence-electron chi connectivity index (χ1n) is 4.85. The van der Waals surface area contributed by atoms with E-state index in [1.165, 1.54) is 18.3 Å². The minimum absolute atomic E-state index is 0.109. The van der Waals surface area contributed by atoms with Crippen molar-refractivity contribution in [2.24, 2.45) is 0 Å². The molecule has 1 atom stereocenters. The van der Waals surface area contributed by atoms with Gasteiger partial charge in [0.15, 0.2) is 0 Å². The second kappa shape index (κ2) is 4.26. The smallest absolute Gasteiger partial charge is 0.256 e. The maximum Gasteiger partial charge on any atom is 0.256 e. The van der Waals surface area contributed by atoms with Crippen molar-refractivity contribution >= 4 is 11.8 Å². The summed E-state index contributed by atoms with van der Waals surface area (Å²) >= 11 is 0. The summed E-state index contributed by atoms with van der Waals surface area (Å²) in [5.74, 6) is -1.47. The van der Waals surface area contributed by atoms with E-state index in [4.69, 9.17) is 0 Å². The van der Waals surface area contributed by atoms with E-state index in [0.29, 0.717) is 6.54 Å². The van der Waals surface area contributed by atoms with Gasteiger partial charge in [-0.3, -0.25) is 9.59 Å². The first kappa shape index (κ1) is 10.5. The van der Waals surface area contributed by atoms with Gasteiger partial charge in [-0.2, -0.15) is 4.39 Å². The molecule has 1 aromatic heterocycles. The molecule has 1 saturated heterocycles. The Morgan fingerprint density at radius 2 is 2.44 bits per heavy atom. The lowest BCUT2D eigenvalue weighted by molar-refractivity contribution is -0.119. The Hall–Kier alpha value is -1.98. The maximum absolute atomic E-state index is 13.1. The van der Waals surface area contributed by atoms with Crippen LogP contribution >= 0.6 is 0 Å². The van der Waals surface area contributed by atoms with Gasteiger partial charge < -0.3 is 10.6 Å². The van der Waals surface area contributed by atoms with Crippen molar-refractivity contribution < 1.29 is 14.0 Å². The number of amides is 2. The van der Waals surface area contributed by atoms with Crippen LogP contribution in [0.25, 0.3) is 0 Å². The van der Waals surface area contributed by atoms with Crippen molar-refractivity contribution in [3.8, 4) is 0 Å². The Bertz CT molecular complexity index is 436. The van der Waals surface area contributed by atoms with Crippen molar-refractivity contribution in [2.75, 3.05) is 6.54 Å². The monoisotopic (exact) mass is 223 g/mol. The van der Waals surface area contributed by atoms with Gasteiger partial charge in [0.1, 0.15) is 0 Å². The van der Waals surface area contributed by atoms with Crippen molar-refractivity contribution in [1.82, 2.24) is 15.6 Å². The molecular formula is C10H10FN3O2. The molecule has 6 heteroatoms. The van der Waals surface area contributed by atoms with E-state index in [9.17, 15) is 14.0 Å². The van der Waals surface area contributed by atoms with Gasteiger partial charge in [0.25, 0.3) is 5.91 Å². The lowest BCUT2D eigenvalue weighted by Crippen LogP contribution is -2.36. The normalized spacial score (nSPS) is 19.3. The Kier molecular flexibility index (Phi) is 2.80. The molecule has 1 fully saturated rings. The molecule has 2 heterocycles. The number of halogens is 1. The van der Waals surface area contributed by atoms with Crippen LogP contribution in [0.15, 0.2) is 18.3 Å². The highest BCUT2D eigenvalue weighted by atomic mass is 19.1. The zero-order chi connectivity index (χ0) is 11.5. The number of aromatic nitrogens is 1. The van der Waals surface area contributed by atoms with E-state index < -0.39 is 11.9 Å². The van der Waals surface area contributed by atoms with E-state index in [2.05, 4.69) is 15.6 Å². The minimum Gasteiger partial charge on any atom is -0.354 e. The summed E-state index contributed by atoms with van der Waals surface area (Å²) in [6.07, 6.45) is 1.50. The second-order valence-electron chi connectivity index (χ2n) is 3.52. The van der Waals surface area contributed by atoms with Crippen LogP contribution in [0.1, 0.15) is 16.8 Å². The average Bonchev–Trinajstić information content (AvgIpc) is 2.64. The Labute approximate surface area is 91.1 Å². The van der Waals surface area contributed by atoms with Gasteiger partial charge in [-0.25, -0.2) is 4.98 Å². The first-order chi connectivity index (χ1) is 7.66. The fourth-order valence-electron chi connectivity index (χ4n) is 1.53. The lowest BCUT2D eigenvalue weighted by atomic mass is 10.2. The molecule has 1 aromatic rings. The molecule has 0 aromatic carbocycles. The number of hydrogen-bond acceptors (Lipinski definition) is 3. The van der Waals surface area contributed by atoms with Crippen LogP contribution in [-0.2, 0) is 4.79 Å². The Balaban J connectivity index is 2.03. The van der Waals surface area contributed by atoms with Crippen molar-refractivity contribution in [3.63, 3.8) is 0 Å². The summed E-state index contributed by atoms with van der Waals surface area (Å²) in [7, 11) is 0. The van der Waals surface area contributed by atoms with Crippen LogP contribution < -0.4 is 10.6 Å². The van der Waals surface area contributed by atoms with Crippen LogP contribution in [0.3, 0.4) is 0 Å². The summed E-state index contributed by atoms with van der Waals surface area (Å²) < 4.78 is 13.1. The second-order valence-corrected chi connectivity index (χ2v) is 3.52. The van der Waals surface area contributed by atoms with Gasteiger partial charge >= 0.3 is 0 Å². The summed E-state index contributed by atoms with van der Waals surface area (Å²) in [5, 5.41) is 5.14. The van der Waals surface area contributed by atoms with E-state index in [1.807, 2.05) is 0 Å². The molecular weight excluding hydrogens is 213 g/mol. The fourth-order valence-corrected chi connectivity index (χ4v) is 1.53. The van der Waals surface area contributed by atoms with Crippen molar-refractivity contribution in [3.05, 3.63) is 29.8 Å². The number of carbonyl (C=O) groups is 2. The number of pyridine rings is 1. The van der Waals surface area contributed by atoms with Gasteiger partial charge in [0.2, 0.25) is 11.9 Å². The van der Waals surface area contributed by atoms with Gasteiger partial charge in [-0.05, 0) is 12.1 Å². The van der Waals surface area contributed by atoms with Crippen LogP contribution in [0.2, 0.25) is 0 Å². The molecule has 2 rings (SSSR count). The molecule has 5 nitrogen and oxygen atoms in total. The van der Waals surface area contributed by atoms with Crippen LogP contribution in [0.4, 0.5) is 4.39 Å². The highest BCUT2D eigenvalue weighted by Crippen LogP contribution is 2.05. The predicted molar refractivity (Wildman–Crippen MR) is 53.1 cm³/mol. The number of nitrogens with one attached hydrogen (secondary N) is 2. The SMILES string of the molecule is O=C1CC(NC(=O)c2cccnc2F)CN1. The average molecular weight is 223 g/mol. The quantitative estimate of drug-likeness (QED) is 0.684. The van der Waals surface area contributed by atoms with Gasteiger partial charge in [0.05, 0.1) is 11.6 Å². The minimum atomic E-state index is -0.808. The summed E-state index contributed by atoms with van der Waals surface area (Å²) in [6, 6.07) is 2.55. The largest absolute Gasteiger partial charge is 0.354 e. The van der Waals surface area contributed by atoms with E-state index in [-0.39, 0.29) is 23.9 Å². The van der Waals surface area contributed by atoms with E-state index >= 15 is 0 Å². The molecule has 2 N–H and O–H groups in total. The molecule has 0 radical (unpaired) electrons. The molecule has 1 aliphatic rings. The Morgan fingerprint density at radius 3 is 3.06 bits per heavy atom. The summed E-state index contributed by atoms with van der Waals surface area (Å²) in [6.45, 7) is 0.381. The highest BCUT2D eigenvalue weighted by molar-refractivity contribution is 5.95. The molecule has 16 heavy (non-hydrogen) atoms. The third-order valence-electron chi connectivity index (χ3n) is 2.32. The Morgan fingerprint density at radius 1 is 1.62 bits per heavy atom. The molecule has 0 spiro atoms. The molecule has 1 aliphatic heterocycles. The van der Waals surface area contributed by atoms with Gasteiger partial charge in [0, 0.05) is 19.2 Å². The van der Waals surface area contributed by atoms with Crippen molar-refractivity contribution in [2.45, 2.75) is 12.5 Å². The van der Waals surface area contributed by atoms with Gasteiger partial charge in [-0.15, -0.1) is 0 Å². The number of rotatable bonds is 2. The summed E-state index contributed by atoms with van der Waals surface area (Å²) in [4.78, 5) is 25.9. The zero-order valence-corrected chi connectivity index (χ0v) is 8.37. The number of nitrogens with zero attached hydrogens (tertiary/aromatic N) is 1. The third kappa shape index (κ3) is 2.16. The number of hydrogen-bond donors (Lipinski definition) is 2. The standard InChI is InChI=1S/C10H10FN3O2/c11-9-7(2-1-3-12-9)10(16)14-6-4-8(15)13-5-6/h1-3,6H,4-5H2,(H,13,15)(H,14,16). The van der Waals surface area contributed by atoms with E-state index in [0.717, 1.165) is 0 Å². The molecule has 1 unspecified atom stereocenters. The summed E-state index contributed by atoms with van der Waals surface area (Å²) in [5.41, 5.74) is -0.109. The molecule has 2 amide bonds. The molecule has 84 valence electrons. The molecule has 0 aliphatic carbocycles. The number of carbonyl (C=O) groups excluding carboxylic acids is 2. The lowest BCUT2D eigenvalue weighted by Gasteiger charge is -2.10. The zero-order valence-electron chi connectivity index (χ0n) is 8.37. The maximum atomic E-state index is 13.1. The third-order valence-corrected chi connectivity index (χ3v) is 2.32. The highest BCUT2D eigenvalue weighted by Gasteiger charge is 2.24. The van der Waals surface area contributed by atoms with Crippen LogP contribution in [-0.4, -0.2) is 29.4 Å². The van der Waals surface area contributed by atoms with Crippen molar-refractivity contribution in [1.29, 1.82) is 0 Å².